The van der Waals surface area contributed by atoms with Gasteiger partial charge in [-0.05, 0) is 6.42 Å². The van der Waals surface area contributed by atoms with Crippen LogP contribution in [0.2, 0.25) is 0 Å². The van der Waals surface area contributed by atoms with Gasteiger partial charge in [0.05, 0.1) is 11.3 Å². The van der Waals surface area contributed by atoms with E-state index in [9.17, 15) is 4.79 Å². The van der Waals surface area contributed by atoms with Crippen molar-refractivity contribution in [2.24, 2.45) is 7.05 Å². The van der Waals surface area contributed by atoms with Gasteiger partial charge in [-0.25, -0.2) is 0 Å². The number of methoxy groups -OCH3 is 1. The molecule has 0 aromatic carbocycles. The first-order chi connectivity index (χ1) is 6.19. The molecule has 0 saturated carbocycles. The molecule has 1 aromatic heterocycles. The summed E-state index contributed by atoms with van der Waals surface area (Å²) in [6.45, 7) is 2.10. The zero-order chi connectivity index (χ0) is 9.84. The first-order valence-electron chi connectivity index (χ1n) is 4.23. The monoisotopic (exact) mass is 182 g/mol. The van der Waals surface area contributed by atoms with Crippen LogP contribution in [0.5, 0.6) is 0 Å². The third-order valence-corrected chi connectivity index (χ3v) is 1.82. The molecule has 0 spiro atoms. The Morgan fingerprint density at radius 1 is 1.69 bits per heavy atom. The molecule has 0 fully saturated rings. The summed E-state index contributed by atoms with van der Waals surface area (Å²) >= 11 is 0. The Bertz CT molecular complexity index is 305. The van der Waals surface area contributed by atoms with Crippen molar-refractivity contribution in [3.05, 3.63) is 17.5 Å². The minimum absolute atomic E-state index is 0.00699. The highest BCUT2D eigenvalue weighted by Crippen LogP contribution is 2.07. The summed E-state index contributed by atoms with van der Waals surface area (Å²) in [4.78, 5) is 11.5. The SMILES string of the molecule is CCc1nn(C)cc1C(=O)COC. The average molecular weight is 182 g/mol. The standard InChI is InChI=1S/C9H14N2O2/c1-4-8-7(5-11(2)10-8)9(12)6-13-3/h5H,4,6H2,1-3H3. The number of hydrogen-bond donors (Lipinski definition) is 0. The van der Waals surface area contributed by atoms with Gasteiger partial charge in [-0.15, -0.1) is 0 Å². The number of aryl methyl sites for hydroxylation is 2. The Morgan fingerprint density at radius 2 is 2.38 bits per heavy atom. The topological polar surface area (TPSA) is 44.1 Å². The molecule has 0 amide bonds. The lowest BCUT2D eigenvalue weighted by atomic mass is 10.1. The van der Waals surface area contributed by atoms with Crippen molar-refractivity contribution in [2.45, 2.75) is 13.3 Å². The number of rotatable bonds is 4. The molecule has 0 bridgehead atoms. The summed E-state index contributed by atoms with van der Waals surface area (Å²) in [5.41, 5.74) is 1.51. The van der Waals surface area contributed by atoms with Gasteiger partial charge in [-0.2, -0.15) is 5.10 Å². The summed E-state index contributed by atoms with van der Waals surface area (Å²) < 4.78 is 6.43. The van der Waals surface area contributed by atoms with E-state index in [1.165, 1.54) is 7.11 Å². The number of nitrogens with zero attached hydrogens (tertiary/aromatic N) is 2. The number of carbonyl (C=O) groups excluding carboxylic acids is 1. The average Bonchev–Trinajstić information content (AvgIpc) is 2.47. The lowest BCUT2D eigenvalue weighted by Crippen LogP contribution is -2.08. The number of hydrogen-bond acceptors (Lipinski definition) is 3. The number of ketones is 1. The van der Waals surface area contributed by atoms with E-state index in [0.29, 0.717) is 5.56 Å². The molecule has 0 aliphatic heterocycles. The fraction of sp³-hybridized carbons (Fsp3) is 0.556. The highest BCUT2D eigenvalue weighted by atomic mass is 16.5. The minimum atomic E-state index is -0.00699. The molecular formula is C9H14N2O2. The van der Waals surface area contributed by atoms with Crippen molar-refractivity contribution in [3.8, 4) is 0 Å². The van der Waals surface area contributed by atoms with Gasteiger partial charge >= 0.3 is 0 Å². The third-order valence-electron chi connectivity index (χ3n) is 1.82. The highest BCUT2D eigenvalue weighted by molar-refractivity contribution is 5.97. The zero-order valence-electron chi connectivity index (χ0n) is 8.20. The van der Waals surface area contributed by atoms with Crippen LogP contribution in [0.3, 0.4) is 0 Å². The number of carbonyl (C=O) groups is 1. The summed E-state index contributed by atoms with van der Waals surface area (Å²) in [6.07, 6.45) is 2.51. The number of ether oxygens (including phenoxy) is 1. The van der Waals surface area contributed by atoms with E-state index in [1.807, 2.05) is 14.0 Å². The van der Waals surface area contributed by atoms with E-state index in [1.54, 1.807) is 10.9 Å². The van der Waals surface area contributed by atoms with Crippen LogP contribution >= 0.6 is 0 Å². The molecule has 0 N–H and O–H groups in total. The van der Waals surface area contributed by atoms with Crippen LogP contribution in [0.25, 0.3) is 0 Å². The fourth-order valence-corrected chi connectivity index (χ4v) is 1.24. The first kappa shape index (κ1) is 9.92. The normalized spacial score (nSPS) is 10.4. The van der Waals surface area contributed by atoms with Crippen LogP contribution < -0.4 is 0 Å². The fourth-order valence-electron chi connectivity index (χ4n) is 1.24. The molecule has 0 aliphatic rings. The number of Topliss-reactive ketones (excluding diaryl/α,β-unsaturated/α-hetero) is 1. The zero-order valence-corrected chi connectivity index (χ0v) is 8.20. The van der Waals surface area contributed by atoms with E-state index in [-0.39, 0.29) is 12.4 Å². The molecule has 4 heteroatoms. The highest BCUT2D eigenvalue weighted by Gasteiger charge is 2.13. The van der Waals surface area contributed by atoms with Gasteiger partial charge < -0.3 is 4.74 Å². The van der Waals surface area contributed by atoms with Crippen LogP contribution in [-0.2, 0) is 18.2 Å². The van der Waals surface area contributed by atoms with Gasteiger partial charge in [0.1, 0.15) is 6.61 Å². The Balaban J connectivity index is 2.91. The lowest BCUT2D eigenvalue weighted by Gasteiger charge is -1.96. The van der Waals surface area contributed by atoms with Gasteiger partial charge in [0.2, 0.25) is 0 Å². The van der Waals surface area contributed by atoms with Gasteiger partial charge in [0, 0.05) is 20.4 Å². The molecule has 13 heavy (non-hydrogen) atoms. The summed E-state index contributed by atoms with van der Waals surface area (Å²) in [7, 11) is 3.32. The van der Waals surface area contributed by atoms with E-state index in [4.69, 9.17) is 4.74 Å². The van der Waals surface area contributed by atoms with Crippen LogP contribution in [0.15, 0.2) is 6.20 Å². The van der Waals surface area contributed by atoms with Gasteiger partial charge in [-0.3, -0.25) is 9.48 Å². The van der Waals surface area contributed by atoms with Crippen LogP contribution in [0.1, 0.15) is 23.0 Å². The Labute approximate surface area is 77.5 Å². The van der Waals surface area contributed by atoms with Crippen molar-refractivity contribution in [1.29, 1.82) is 0 Å². The van der Waals surface area contributed by atoms with Gasteiger partial charge in [-0.1, -0.05) is 6.92 Å². The smallest absolute Gasteiger partial charge is 0.191 e. The summed E-state index contributed by atoms with van der Waals surface area (Å²) in [5, 5.41) is 4.17. The van der Waals surface area contributed by atoms with Crippen molar-refractivity contribution < 1.29 is 9.53 Å². The molecule has 1 aromatic rings. The van der Waals surface area contributed by atoms with E-state index >= 15 is 0 Å². The van der Waals surface area contributed by atoms with Crippen LogP contribution in [-0.4, -0.2) is 29.3 Å². The Hall–Kier alpha value is -1.16. The maximum absolute atomic E-state index is 11.5. The predicted molar refractivity (Wildman–Crippen MR) is 48.8 cm³/mol. The molecule has 4 nitrogen and oxygen atoms in total. The molecule has 0 radical (unpaired) electrons. The Kier molecular flexibility index (Phi) is 3.19. The molecule has 1 rings (SSSR count). The van der Waals surface area contributed by atoms with E-state index in [0.717, 1.165) is 12.1 Å². The molecule has 0 saturated heterocycles. The van der Waals surface area contributed by atoms with E-state index in [2.05, 4.69) is 5.10 Å². The third kappa shape index (κ3) is 2.15. The maximum atomic E-state index is 11.5. The quantitative estimate of drug-likeness (QED) is 0.647. The molecule has 0 aliphatic carbocycles. The predicted octanol–water partition coefficient (Wildman–Crippen LogP) is 0.812. The van der Waals surface area contributed by atoms with Gasteiger partial charge in [0.15, 0.2) is 5.78 Å². The van der Waals surface area contributed by atoms with Crippen molar-refractivity contribution in [2.75, 3.05) is 13.7 Å². The van der Waals surface area contributed by atoms with Crippen LogP contribution in [0, 0.1) is 0 Å². The molecule has 0 unspecified atom stereocenters. The molecular weight excluding hydrogens is 168 g/mol. The molecule has 1 heterocycles. The largest absolute Gasteiger partial charge is 0.377 e. The molecule has 0 atom stereocenters. The maximum Gasteiger partial charge on any atom is 0.191 e. The second-order valence-electron chi connectivity index (χ2n) is 2.87. The van der Waals surface area contributed by atoms with Crippen molar-refractivity contribution in [3.63, 3.8) is 0 Å². The molecule has 72 valence electrons. The minimum Gasteiger partial charge on any atom is -0.377 e. The lowest BCUT2D eigenvalue weighted by molar-refractivity contribution is 0.0847. The van der Waals surface area contributed by atoms with Crippen molar-refractivity contribution >= 4 is 5.78 Å². The van der Waals surface area contributed by atoms with E-state index < -0.39 is 0 Å². The van der Waals surface area contributed by atoms with Crippen molar-refractivity contribution in [1.82, 2.24) is 9.78 Å². The first-order valence-corrected chi connectivity index (χ1v) is 4.23. The van der Waals surface area contributed by atoms with Gasteiger partial charge in [0.25, 0.3) is 0 Å². The second kappa shape index (κ2) is 4.18. The Morgan fingerprint density at radius 3 is 2.92 bits per heavy atom. The van der Waals surface area contributed by atoms with Crippen LogP contribution in [0.4, 0.5) is 0 Å². The second-order valence-corrected chi connectivity index (χ2v) is 2.87. The summed E-state index contributed by atoms with van der Waals surface area (Å²) in [6, 6.07) is 0. The number of aromatic nitrogens is 2. The summed E-state index contributed by atoms with van der Waals surface area (Å²) in [5.74, 6) is -0.00699.